The van der Waals surface area contributed by atoms with E-state index in [9.17, 15) is 0 Å². The Balaban J connectivity index is 2.68. The van der Waals surface area contributed by atoms with Crippen LogP contribution in [0.2, 0.25) is 10.0 Å². The third-order valence-electron chi connectivity index (χ3n) is 1.84. The Hall–Kier alpha value is -1.39. The highest BCUT2D eigenvalue weighted by atomic mass is 35.5. The molecule has 1 aromatic heterocycles. The number of anilines is 1. The molecule has 6 heteroatoms. The molecule has 15 heavy (non-hydrogen) atoms. The fourth-order valence-electron chi connectivity index (χ4n) is 1.16. The zero-order valence-electron chi connectivity index (χ0n) is 7.48. The summed E-state index contributed by atoms with van der Waals surface area (Å²) in [7, 11) is 0. The predicted octanol–water partition coefficient (Wildman–Crippen LogP) is 2.43. The normalized spacial score (nSPS) is 10.3. The van der Waals surface area contributed by atoms with Gasteiger partial charge in [-0.25, -0.2) is 15.0 Å². The lowest BCUT2D eigenvalue weighted by Crippen LogP contribution is -1.96. The molecule has 2 rings (SSSR count). The van der Waals surface area contributed by atoms with Crippen LogP contribution in [-0.2, 0) is 0 Å². The number of rotatable bonds is 1. The van der Waals surface area contributed by atoms with E-state index in [1.165, 1.54) is 12.7 Å². The molecule has 0 radical (unpaired) electrons. The summed E-state index contributed by atoms with van der Waals surface area (Å²) in [4.78, 5) is 11.6. The van der Waals surface area contributed by atoms with Crippen LogP contribution in [-0.4, -0.2) is 15.0 Å². The number of nitrogens with zero attached hydrogens (tertiary/aromatic N) is 3. The Morgan fingerprint density at radius 2 is 1.73 bits per heavy atom. The highest BCUT2D eigenvalue weighted by Crippen LogP contribution is 2.35. The van der Waals surface area contributed by atoms with Crippen LogP contribution >= 0.6 is 23.2 Å². The van der Waals surface area contributed by atoms with Gasteiger partial charge in [0.15, 0.2) is 5.82 Å². The maximum atomic E-state index is 6.02. The predicted molar refractivity (Wildman–Crippen MR) is 59.7 cm³/mol. The van der Waals surface area contributed by atoms with Crippen LogP contribution in [0.1, 0.15) is 0 Å². The van der Waals surface area contributed by atoms with E-state index in [0.29, 0.717) is 27.1 Å². The highest BCUT2D eigenvalue weighted by molar-refractivity contribution is 6.44. The van der Waals surface area contributed by atoms with Crippen molar-refractivity contribution in [2.45, 2.75) is 0 Å². The first kappa shape index (κ1) is 10.1. The number of hydrogen-bond donors (Lipinski definition) is 1. The molecule has 0 saturated heterocycles. The van der Waals surface area contributed by atoms with Gasteiger partial charge in [0.1, 0.15) is 12.7 Å². The maximum absolute atomic E-state index is 6.02. The SMILES string of the molecule is Nc1ccc(Cl)c(Cl)c1-c1ncncn1. The van der Waals surface area contributed by atoms with Crippen molar-refractivity contribution in [3.8, 4) is 11.4 Å². The van der Waals surface area contributed by atoms with Gasteiger partial charge in [0.05, 0.1) is 15.6 Å². The summed E-state index contributed by atoms with van der Waals surface area (Å²) in [5.74, 6) is 0.412. The number of benzene rings is 1. The van der Waals surface area contributed by atoms with E-state index >= 15 is 0 Å². The minimum atomic E-state index is 0.350. The summed E-state index contributed by atoms with van der Waals surface area (Å²) < 4.78 is 0. The van der Waals surface area contributed by atoms with Gasteiger partial charge in [0, 0.05) is 5.69 Å². The highest BCUT2D eigenvalue weighted by Gasteiger charge is 2.12. The van der Waals surface area contributed by atoms with Gasteiger partial charge < -0.3 is 5.73 Å². The quantitative estimate of drug-likeness (QED) is 0.778. The molecule has 0 aliphatic rings. The van der Waals surface area contributed by atoms with Gasteiger partial charge in [-0.05, 0) is 12.1 Å². The van der Waals surface area contributed by atoms with E-state index in [-0.39, 0.29) is 0 Å². The first-order valence-corrected chi connectivity index (χ1v) is 4.81. The molecule has 2 N–H and O–H groups in total. The van der Waals surface area contributed by atoms with Gasteiger partial charge in [0.2, 0.25) is 0 Å². The van der Waals surface area contributed by atoms with Crippen molar-refractivity contribution < 1.29 is 0 Å². The van der Waals surface area contributed by atoms with Crippen LogP contribution in [0.3, 0.4) is 0 Å². The average Bonchev–Trinajstić information content (AvgIpc) is 2.26. The van der Waals surface area contributed by atoms with Crippen molar-refractivity contribution >= 4 is 28.9 Å². The van der Waals surface area contributed by atoms with Crippen molar-refractivity contribution in [2.75, 3.05) is 5.73 Å². The lowest BCUT2D eigenvalue weighted by Gasteiger charge is -2.07. The standard InChI is InChI=1S/C9H6Cl2N4/c10-5-1-2-6(12)7(8(5)11)9-14-3-13-4-15-9/h1-4H,12H2. The third kappa shape index (κ3) is 1.86. The van der Waals surface area contributed by atoms with E-state index in [1.54, 1.807) is 12.1 Å². The number of hydrogen-bond acceptors (Lipinski definition) is 4. The van der Waals surface area contributed by atoms with Crippen LogP contribution < -0.4 is 5.73 Å². The van der Waals surface area contributed by atoms with Crippen molar-refractivity contribution in [1.29, 1.82) is 0 Å². The summed E-state index contributed by atoms with van der Waals surface area (Å²) >= 11 is 11.9. The lowest BCUT2D eigenvalue weighted by molar-refractivity contribution is 1.06. The van der Waals surface area contributed by atoms with Gasteiger partial charge in [-0.1, -0.05) is 23.2 Å². The Bertz CT molecular complexity index is 487. The summed E-state index contributed by atoms with van der Waals surface area (Å²) in [5.41, 5.74) is 6.79. The largest absolute Gasteiger partial charge is 0.398 e. The summed E-state index contributed by atoms with van der Waals surface area (Å²) in [6.07, 6.45) is 2.75. The molecule has 0 aliphatic carbocycles. The van der Waals surface area contributed by atoms with Crippen LogP contribution in [0.4, 0.5) is 5.69 Å². The molecule has 0 unspecified atom stereocenters. The van der Waals surface area contributed by atoms with E-state index in [4.69, 9.17) is 28.9 Å². The van der Waals surface area contributed by atoms with E-state index < -0.39 is 0 Å². The molecule has 4 nitrogen and oxygen atoms in total. The fraction of sp³-hybridized carbons (Fsp3) is 0. The zero-order chi connectivity index (χ0) is 10.8. The van der Waals surface area contributed by atoms with E-state index in [1.807, 2.05) is 0 Å². The van der Waals surface area contributed by atoms with Crippen molar-refractivity contribution in [3.05, 3.63) is 34.8 Å². The number of aromatic nitrogens is 3. The Morgan fingerprint density at radius 1 is 1.07 bits per heavy atom. The molecule has 0 atom stereocenters. The molecule has 0 bridgehead atoms. The topological polar surface area (TPSA) is 64.7 Å². The van der Waals surface area contributed by atoms with Gasteiger partial charge >= 0.3 is 0 Å². The van der Waals surface area contributed by atoms with E-state index in [0.717, 1.165) is 0 Å². The molecular formula is C9H6Cl2N4. The Morgan fingerprint density at radius 3 is 2.40 bits per heavy atom. The van der Waals surface area contributed by atoms with Crippen molar-refractivity contribution in [1.82, 2.24) is 15.0 Å². The molecule has 1 aromatic carbocycles. The number of nitrogens with two attached hydrogens (primary N) is 1. The molecule has 2 aromatic rings. The van der Waals surface area contributed by atoms with Gasteiger partial charge in [0.25, 0.3) is 0 Å². The molecule has 0 amide bonds. The van der Waals surface area contributed by atoms with Gasteiger partial charge in [-0.15, -0.1) is 0 Å². The van der Waals surface area contributed by atoms with Crippen molar-refractivity contribution in [2.24, 2.45) is 0 Å². The first-order chi connectivity index (χ1) is 7.20. The van der Waals surface area contributed by atoms with Crippen LogP contribution in [0.15, 0.2) is 24.8 Å². The lowest BCUT2D eigenvalue weighted by atomic mass is 10.1. The summed E-state index contributed by atoms with van der Waals surface area (Å²) in [5, 5.41) is 0.768. The first-order valence-electron chi connectivity index (χ1n) is 4.06. The molecule has 0 aliphatic heterocycles. The zero-order valence-corrected chi connectivity index (χ0v) is 9.00. The second-order valence-corrected chi connectivity index (χ2v) is 3.57. The van der Waals surface area contributed by atoms with E-state index in [2.05, 4.69) is 15.0 Å². The van der Waals surface area contributed by atoms with Crippen LogP contribution in [0, 0.1) is 0 Å². The molecular weight excluding hydrogens is 235 g/mol. The minimum absolute atomic E-state index is 0.350. The van der Waals surface area contributed by atoms with Crippen LogP contribution in [0.5, 0.6) is 0 Å². The molecule has 76 valence electrons. The monoisotopic (exact) mass is 240 g/mol. The second-order valence-electron chi connectivity index (χ2n) is 2.79. The van der Waals surface area contributed by atoms with Gasteiger partial charge in [-0.3, -0.25) is 0 Å². The fourth-order valence-corrected chi connectivity index (χ4v) is 1.58. The Labute approximate surface area is 96.1 Å². The second kappa shape index (κ2) is 4.00. The maximum Gasteiger partial charge on any atom is 0.166 e. The Kier molecular flexibility index (Phi) is 2.70. The smallest absolute Gasteiger partial charge is 0.166 e. The summed E-state index contributed by atoms with van der Waals surface area (Å²) in [6, 6.07) is 3.29. The number of halogens is 2. The summed E-state index contributed by atoms with van der Waals surface area (Å²) in [6.45, 7) is 0. The minimum Gasteiger partial charge on any atom is -0.398 e. The molecule has 0 spiro atoms. The molecule has 0 fully saturated rings. The average molecular weight is 241 g/mol. The third-order valence-corrected chi connectivity index (χ3v) is 2.65. The number of nitrogen functional groups attached to an aromatic ring is 1. The van der Waals surface area contributed by atoms with Crippen molar-refractivity contribution in [3.63, 3.8) is 0 Å². The van der Waals surface area contributed by atoms with Gasteiger partial charge in [-0.2, -0.15) is 0 Å². The van der Waals surface area contributed by atoms with Crippen LogP contribution in [0.25, 0.3) is 11.4 Å². The molecule has 0 saturated carbocycles. The molecule has 1 heterocycles.